The van der Waals surface area contributed by atoms with Crippen molar-refractivity contribution in [3.63, 3.8) is 0 Å². The van der Waals surface area contributed by atoms with Gasteiger partial charge in [0, 0.05) is 5.56 Å². The monoisotopic (exact) mass is 246 g/mol. The van der Waals surface area contributed by atoms with Gasteiger partial charge in [0.2, 0.25) is 0 Å². The highest BCUT2D eigenvalue weighted by Crippen LogP contribution is 2.29. The number of ketones is 1. The van der Waals surface area contributed by atoms with Gasteiger partial charge in [0.05, 0.1) is 5.88 Å². The first-order chi connectivity index (χ1) is 8.15. The smallest absolute Gasteiger partial charge is 0.177 e. The first kappa shape index (κ1) is 12.1. The molecule has 0 N–H and O–H groups in total. The molecule has 2 aromatic rings. The largest absolute Gasteiger partial charge is 0.293 e. The predicted octanol–water partition coefficient (Wildman–Crippen LogP) is 4.38. The Hall–Kier alpha value is -1.34. The molecule has 0 spiro atoms. The van der Waals surface area contributed by atoms with Gasteiger partial charge in [-0.1, -0.05) is 50.2 Å². The zero-order valence-corrected chi connectivity index (χ0v) is 10.8. The van der Waals surface area contributed by atoms with Crippen molar-refractivity contribution in [1.82, 2.24) is 0 Å². The zero-order valence-electron chi connectivity index (χ0n) is 10.0. The highest BCUT2D eigenvalue weighted by Gasteiger charge is 2.15. The highest BCUT2D eigenvalue weighted by atomic mass is 35.5. The third-order valence-corrected chi connectivity index (χ3v) is 3.21. The van der Waals surface area contributed by atoms with Crippen LogP contribution in [0.3, 0.4) is 0 Å². The first-order valence-electron chi connectivity index (χ1n) is 5.76. The van der Waals surface area contributed by atoms with Crippen molar-refractivity contribution in [2.24, 2.45) is 0 Å². The van der Waals surface area contributed by atoms with Gasteiger partial charge in [-0.2, -0.15) is 0 Å². The molecule has 88 valence electrons. The lowest BCUT2D eigenvalue weighted by atomic mass is 9.90. The number of Topliss-reactive ketones (excluding diaryl/α,β-unsaturated/α-hetero) is 1. The second-order valence-corrected chi connectivity index (χ2v) is 4.73. The fourth-order valence-electron chi connectivity index (χ4n) is 2.23. The van der Waals surface area contributed by atoms with E-state index in [1.54, 1.807) is 0 Å². The van der Waals surface area contributed by atoms with Crippen molar-refractivity contribution in [3.05, 3.63) is 47.5 Å². The maximum absolute atomic E-state index is 11.9. The average molecular weight is 247 g/mol. The molecular weight excluding hydrogens is 232 g/mol. The van der Waals surface area contributed by atoms with E-state index in [0.717, 1.165) is 16.5 Å². The third-order valence-electron chi connectivity index (χ3n) is 2.97. The number of hydrogen-bond donors (Lipinski definition) is 0. The van der Waals surface area contributed by atoms with Gasteiger partial charge in [-0.15, -0.1) is 11.6 Å². The van der Waals surface area contributed by atoms with Crippen molar-refractivity contribution in [2.45, 2.75) is 19.8 Å². The van der Waals surface area contributed by atoms with Crippen LogP contribution < -0.4 is 0 Å². The van der Waals surface area contributed by atoms with Crippen molar-refractivity contribution in [2.75, 3.05) is 5.88 Å². The van der Waals surface area contributed by atoms with Crippen LogP contribution in [0.25, 0.3) is 10.8 Å². The van der Waals surface area contributed by atoms with E-state index in [-0.39, 0.29) is 11.7 Å². The number of carbonyl (C=O) groups is 1. The minimum Gasteiger partial charge on any atom is -0.293 e. The van der Waals surface area contributed by atoms with E-state index in [2.05, 4.69) is 26.0 Å². The summed E-state index contributed by atoms with van der Waals surface area (Å²) in [5, 5.41) is 2.32. The Kier molecular flexibility index (Phi) is 3.49. The zero-order chi connectivity index (χ0) is 12.4. The van der Waals surface area contributed by atoms with Crippen LogP contribution in [0.4, 0.5) is 0 Å². The molecule has 2 aromatic carbocycles. The Balaban J connectivity index is 2.77. The molecule has 0 saturated heterocycles. The van der Waals surface area contributed by atoms with Crippen LogP contribution in [0, 0.1) is 0 Å². The van der Waals surface area contributed by atoms with Crippen molar-refractivity contribution >= 4 is 28.2 Å². The molecule has 2 heteroatoms. The molecule has 0 aliphatic carbocycles. The number of fused-ring (bicyclic) bond motifs is 1. The second-order valence-electron chi connectivity index (χ2n) is 4.46. The van der Waals surface area contributed by atoms with E-state index in [1.807, 2.05) is 24.3 Å². The molecule has 0 aliphatic heterocycles. The molecule has 0 saturated carbocycles. The normalized spacial score (nSPS) is 11.1. The number of rotatable bonds is 3. The van der Waals surface area contributed by atoms with E-state index in [0.29, 0.717) is 5.92 Å². The summed E-state index contributed by atoms with van der Waals surface area (Å²) in [6.07, 6.45) is 0. The van der Waals surface area contributed by atoms with Crippen LogP contribution in [0.5, 0.6) is 0 Å². The minimum atomic E-state index is 0.00104. The molecule has 0 unspecified atom stereocenters. The topological polar surface area (TPSA) is 17.1 Å². The molecule has 2 rings (SSSR count). The van der Waals surface area contributed by atoms with Gasteiger partial charge in [0.15, 0.2) is 5.78 Å². The van der Waals surface area contributed by atoms with Gasteiger partial charge in [-0.05, 0) is 22.3 Å². The maximum atomic E-state index is 11.9. The van der Waals surface area contributed by atoms with Gasteiger partial charge < -0.3 is 0 Å². The maximum Gasteiger partial charge on any atom is 0.177 e. The lowest BCUT2D eigenvalue weighted by Gasteiger charge is -2.14. The minimum absolute atomic E-state index is 0.00104. The summed E-state index contributed by atoms with van der Waals surface area (Å²) in [5.41, 5.74) is 1.86. The molecule has 0 heterocycles. The summed E-state index contributed by atoms with van der Waals surface area (Å²) in [6, 6.07) is 12.0. The van der Waals surface area contributed by atoms with Crippen molar-refractivity contribution in [3.8, 4) is 0 Å². The van der Waals surface area contributed by atoms with Gasteiger partial charge in [-0.25, -0.2) is 0 Å². The van der Waals surface area contributed by atoms with E-state index in [9.17, 15) is 4.79 Å². The second kappa shape index (κ2) is 4.89. The number of alkyl halides is 1. The summed E-state index contributed by atoms with van der Waals surface area (Å²) < 4.78 is 0. The first-order valence-corrected chi connectivity index (χ1v) is 6.29. The third kappa shape index (κ3) is 2.20. The molecule has 0 aliphatic rings. The van der Waals surface area contributed by atoms with Crippen LogP contribution in [0.1, 0.15) is 35.7 Å². The number of carbonyl (C=O) groups excluding carboxylic acids is 1. The summed E-state index contributed by atoms with van der Waals surface area (Å²) in [7, 11) is 0. The molecule has 0 bridgehead atoms. The van der Waals surface area contributed by atoms with Gasteiger partial charge in [0.25, 0.3) is 0 Å². The molecule has 0 aromatic heterocycles. The Morgan fingerprint density at radius 2 is 1.88 bits per heavy atom. The summed E-state index contributed by atoms with van der Waals surface area (Å²) >= 11 is 5.66. The molecular formula is C15H15ClO. The predicted molar refractivity (Wildman–Crippen MR) is 73.1 cm³/mol. The Morgan fingerprint density at radius 1 is 1.18 bits per heavy atom. The van der Waals surface area contributed by atoms with Crippen LogP contribution >= 0.6 is 11.6 Å². The summed E-state index contributed by atoms with van der Waals surface area (Å²) in [5.74, 6) is 0.349. The van der Waals surface area contributed by atoms with Gasteiger partial charge in [-0.3, -0.25) is 4.79 Å². The van der Waals surface area contributed by atoms with Crippen LogP contribution in [-0.4, -0.2) is 11.7 Å². The fraction of sp³-hybridized carbons (Fsp3) is 0.267. The quantitative estimate of drug-likeness (QED) is 0.580. The Morgan fingerprint density at radius 3 is 2.53 bits per heavy atom. The van der Waals surface area contributed by atoms with Gasteiger partial charge in [0.1, 0.15) is 0 Å². The molecule has 0 fully saturated rings. The molecule has 17 heavy (non-hydrogen) atoms. The summed E-state index contributed by atoms with van der Waals surface area (Å²) in [4.78, 5) is 11.9. The van der Waals surface area contributed by atoms with Crippen LogP contribution in [0.2, 0.25) is 0 Å². The van der Waals surface area contributed by atoms with Gasteiger partial charge >= 0.3 is 0 Å². The molecule has 0 atom stereocenters. The van der Waals surface area contributed by atoms with E-state index in [1.165, 1.54) is 5.39 Å². The SMILES string of the molecule is CC(C)c1c(C(=O)CCl)ccc2ccccc12. The van der Waals surface area contributed by atoms with E-state index < -0.39 is 0 Å². The lowest BCUT2D eigenvalue weighted by molar-refractivity contribution is 0.102. The van der Waals surface area contributed by atoms with Crippen molar-refractivity contribution in [1.29, 1.82) is 0 Å². The van der Waals surface area contributed by atoms with E-state index >= 15 is 0 Å². The lowest BCUT2D eigenvalue weighted by Crippen LogP contribution is -2.07. The molecule has 1 nitrogen and oxygen atoms in total. The van der Waals surface area contributed by atoms with E-state index in [4.69, 9.17) is 11.6 Å². The Bertz CT molecular complexity index is 558. The van der Waals surface area contributed by atoms with Crippen molar-refractivity contribution < 1.29 is 4.79 Å². The number of benzene rings is 2. The molecule has 0 amide bonds. The fourth-order valence-corrected chi connectivity index (χ4v) is 2.38. The number of hydrogen-bond acceptors (Lipinski definition) is 1. The van der Waals surface area contributed by atoms with Crippen LogP contribution in [0.15, 0.2) is 36.4 Å². The Labute approximate surface area is 106 Å². The highest BCUT2D eigenvalue weighted by molar-refractivity contribution is 6.31. The van der Waals surface area contributed by atoms with Crippen LogP contribution in [-0.2, 0) is 0 Å². The number of halogens is 1. The standard InChI is InChI=1S/C15H15ClO/c1-10(2)15-12-6-4-3-5-11(12)7-8-13(15)14(17)9-16/h3-8,10H,9H2,1-2H3. The summed E-state index contributed by atoms with van der Waals surface area (Å²) in [6.45, 7) is 4.21. The average Bonchev–Trinajstić information content (AvgIpc) is 2.36. The molecule has 0 radical (unpaired) electrons.